The highest BCUT2D eigenvalue weighted by Crippen LogP contribution is 2.17. The highest BCUT2D eigenvalue weighted by atomic mass is 79.9. The van der Waals surface area contributed by atoms with E-state index >= 15 is 0 Å². The Balaban J connectivity index is 2.11. The number of hydrogen-bond donors (Lipinski definition) is 1. The van der Waals surface area contributed by atoms with Crippen LogP contribution >= 0.6 is 15.9 Å². The van der Waals surface area contributed by atoms with E-state index in [0.717, 1.165) is 5.56 Å². The third kappa shape index (κ3) is 3.43. The van der Waals surface area contributed by atoms with Crippen LogP contribution in [0.1, 0.15) is 15.9 Å². The fourth-order valence-corrected chi connectivity index (χ4v) is 1.88. The zero-order chi connectivity index (χ0) is 14.5. The van der Waals surface area contributed by atoms with E-state index in [1.54, 1.807) is 24.3 Å². The monoisotopic (exact) mass is 332 g/mol. The Bertz CT molecular complexity index is 677. The number of carbonyl (C=O) groups excluding carboxylic acids is 1. The molecule has 1 amide bonds. The lowest BCUT2D eigenvalue weighted by molar-refractivity contribution is 0.102. The van der Waals surface area contributed by atoms with Gasteiger partial charge in [0.1, 0.15) is 5.82 Å². The zero-order valence-corrected chi connectivity index (χ0v) is 11.9. The normalized spacial score (nSPS) is 9.85. The molecule has 20 heavy (non-hydrogen) atoms. The van der Waals surface area contributed by atoms with Crippen molar-refractivity contribution in [1.29, 1.82) is 5.26 Å². The summed E-state index contributed by atoms with van der Waals surface area (Å²) in [5.74, 6) is -0.869. The van der Waals surface area contributed by atoms with Crippen molar-refractivity contribution in [2.45, 2.75) is 6.42 Å². The number of carbonyl (C=O) groups is 1. The molecule has 0 fully saturated rings. The Morgan fingerprint density at radius 2 is 1.95 bits per heavy atom. The molecule has 2 aromatic rings. The minimum absolute atomic E-state index is 0.242. The molecule has 0 aromatic heterocycles. The van der Waals surface area contributed by atoms with E-state index in [1.165, 1.54) is 18.2 Å². The fourth-order valence-electron chi connectivity index (χ4n) is 1.64. The molecule has 5 heteroatoms. The number of nitriles is 1. The number of benzene rings is 2. The molecular formula is C15H10BrFN2O. The minimum Gasteiger partial charge on any atom is -0.322 e. The number of nitrogens with zero attached hydrogens (tertiary/aromatic N) is 1. The lowest BCUT2D eigenvalue weighted by Gasteiger charge is -2.06. The lowest BCUT2D eigenvalue weighted by atomic mass is 10.1. The fraction of sp³-hybridized carbons (Fsp3) is 0.0667. The molecule has 0 unspecified atom stereocenters. The van der Waals surface area contributed by atoms with E-state index < -0.39 is 5.82 Å². The molecule has 0 aliphatic carbocycles. The quantitative estimate of drug-likeness (QED) is 0.926. The van der Waals surface area contributed by atoms with Crippen molar-refractivity contribution in [2.24, 2.45) is 0 Å². The Morgan fingerprint density at radius 1 is 1.25 bits per heavy atom. The molecular weight excluding hydrogens is 323 g/mol. The molecule has 1 N–H and O–H groups in total. The van der Waals surface area contributed by atoms with Crippen LogP contribution in [0, 0.1) is 17.1 Å². The van der Waals surface area contributed by atoms with E-state index in [0.29, 0.717) is 16.6 Å². The van der Waals surface area contributed by atoms with Gasteiger partial charge in [-0.1, -0.05) is 12.1 Å². The predicted octanol–water partition coefficient (Wildman–Crippen LogP) is 3.91. The lowest BCUT2D eigenvalue weighted by Crippen LogP contribution is -2.12. The van der Waals surface area contributed by atoms with Gasteiger partial charge in [0, 0.05) is 11.3 Å². The molecule has 0 saturated carbocycles. The van der Waals surface area contributed by atoms with E-state index in [9.17, 15) is 9.18 Å². The molecule has 0 aliphatic rings. The van der Waals surface area contributed by atoms with Gasteiger partial charge in [-0.2, -0.15) is 5.26 Å². The van der Waals surface area contributed by atoms with Crippen LogP contribution in [0.5, 0.6) is 0 Å². The van der Waals surface area contributed by atoms with Gasteiger partial charge >= 0.3 is 0 Å². The molecule has 0 heterocycles. The van der Waals surface area contributed by atoms with Crippen molar-refractivity contribution in [3.05, 3.63) is 63.9 Å². The highest BCUT2D eigenvalue weighted by molar-refractivity contribution is 9.10. The maximum absolute atomic E-state index is 13.4. The Hall–Kier alpha value is -2.19. The van der Waals surface area contributed by atoms with Gasteiger partial charge in [-0.05, 0) is 51.8 Å². The number of halogens is 2. The van der Waals surface area contributed by atoms with Crippen LogP contribution in [0.15, 0.2) is 46.9 Å². The molecule has 2 aromatic carbocycles. The van der Waals surface area contributed by atoms with Gasteiger partial charge in [-0.15, -0.1) is 0 Å². The zero-order valence-electron chi connectivity index (χ0n) is 10.4. The summed E-state index contributed by atoms with van der Waals surface area (Å²) in [6.07, 6.45) is 0.326. The minimum atomic E-state index is -0.484. The first-order chi connectivity index (χ1) is 9.60. The summed E-state index contributed by atoms with van der Waals surface area (Å²) in [5.41, 5.74) is 1.71. The second-order valence-electron chi connectivity index (χ2n) is 4.11. The Morgan fingerprint density at radius 3 is 2.55 bits per heavy atom. The summed E-state index contributed by atoms with van der Waals surface area (Å²) in [6, 6.07) is 13.2. The number of hydrogen-bond acceptors (Lipinski definition) is 2. The number of nitrogens with one attached hydrogen (secondary N) is 1. The van der Waals surface area contributed by atoms with Crippen LogP contribution in [-0.2, 0) is 6.42 Å². The maximum Gasteiger partial charge on any atom is 0.255 e. The maximum atomic E-state index is 13.4. The van der Waals surface area contributed by atoms with Gasteiger partial charge in [0.2, 0.25) is 0 Å². The molecule has 0 bridgehead atoms. The first-order valence-corrected chi connectivity index (χ1v) is 6.62. The Kier molecular flexibility index (Phi) is 4.49. The van der Waals surface area contributed by atoms with E-state index in [2.05, 4.69) is 21.2 Å². The average Bonchev–Trinajstić information content (AvgIpc) is 2.44. The van der Waals surface area contributed by atoms with Crippen molar-refractivity contribution < 1.29 is 9.18 Å². The van der Waals surface area contributed by atoms with Crippen LogP contribution in [0.25, 0.3) is 0 Å². The van der Waals surface area contributed by atoms with Gasteiger partial charge in [-0.3, -0.25) is 4.79 Å². The standard InChI is InChI=1S/C15H10BrFN2O/c16-13-6-3-11(9-14(13)17)15(20)19-12-4-1-10(2-5-12)7-8-18/h1-6,9H,7H2,(H,19,20). The summed E-state index contributed by atoms with van der Waals surface area (Å²) >= 11 is 3.03. The number of anilines is 1. The summed E-state index contributed by atoms with van der Waals surface area (Å²) in [4.78, 5) is 11.9. The van der Waals surface area contributed by atoms with Crippen molar-refractivity contribution in [3.63, 3.8) is 0 Å². The molecule has 0 atom stereocenters. The van der Waals surface area contributed by atoms with Gasteiger partial charge in [0.05, 0.1) is 17.0 Å². The van der Waals surface area contributed by atoms with Crippen molar-refractivity contribution in [2.75, 3.05) is 5.32 Å². The molecule has 0 radical (unpaired) electrons. The molecule has 2 rings (SSSR count). The molecule has 0 saturated heterocycles. The van der Waals surface area contributed by atoms with E-state index in [-0.39, 0.29) is 11.5 Å². The van der Waals surface area contributed by atoms with Gasteiger partial charge in [-0.25, -0.2) is 4.39 Å². The Labute approximate surface area is 124 Å². The third-order valence-corrected chi connectivity index (χ3v) is 3.32. The predicted molar refractivity (Wildman–Crippen MR) is 77.8 cm³/mol. The van der Waals surface area contributed by atoms with Gasteiger partial charge in [0.15, 0.2) is 0 Å². The van der Waals surface area contributed by atoms with Crippen LogP contribution < -0.4 is 5.32 Å². The SMILES string of the molecule is N#CCc1ccc(NC(=O)c2ccc(Br)c(F)c2)cc1. The van der Waals surface area contributed by atoms with Crippen molar-refractivity contribution in [1.82, 2.24) is 0 Å². The van der Waals surface area contributed by atoms with Crippen LogP contribution in [0.3, 0.4) is 0 Å². The summed E-state index contributed by atoms with van der Waals surface area (Å²) < 4.78 is 13.7. The summed E-state index contributed by atoms with van der Waals surface area (Å²) in [7, 11) is 0. The number of rotatable bonds is 3. The van der Waals surface area contributed by atoms with E-state index in [4.69, 9.17) is 5.26 Å². The smallest absolute Gasteiger partial charge is 0.255 e. The van der Waals surface area contributed by atoms with Gasteiger partial charge in [0.25, 0.3) is 5.91 Å². The largest absolute Gasteiger partial charge is 0.322 e. The molecule has 100 valence electrons. The van der Waals surface area contributed by atoms with Crippen LogP contribution in [0.4, 0.5) is 10.1 Å². The van der Waals surface area contributed by atoms with Crippen LogP contribution in [0.2, 0.25) is 0 Å². The first-order valence-electron chi connectivity index (χ1n) is 5.82. The molecule has 0 aliphatic heterocycles. The number of amides is 1. The summed E-state index contributed by atoms with van der Waals surface area (Å²) in [5, 5.41) is 11.2. The summed E-state index contributed by atoms with van der Waals surface area (Å²) in [6.45, 7) is 0. The average molecular weight is 333 g/mol. The second-order valence-corrected chi connectivity index (χ2v) is 4.97. The first kappa shape index (κ1) is 14.2. The van der Waals surface area contributed by atoms with Crippen LogP contribution in [-0.4, -0.2) is 5.91 Å². The van der Waals surface area contributed by atoms with Crippen molar-refractivity contribution in [3.8, 4) is 6.07 Å². The van der Waals surface area contributed by atoms with Gasteiger partial charge < -0.3 is 5.32 Å². The topological polar surface area (TPSA) is 52.9 Å². The molecule has 0 spiro atoms. The van der Waals surface area contributed by atoms with Crippen molar-refractivity contribution >= 4 is 27.5 Å². The highest BCUT2D eigenvalue weighted by Gasteiger charge is 2.09. The molecule has 3 nitrogen and oxygen atoms in total. The third-order valence-electron chi connectivity index (χ3n) is 2.68. The van der Waals surface area contributed by atoms with E-state index in [1.807, 2.05) is 6.07 Å². The second kappa shape index (κ2) is 6.31.